The lowest BCUT2D eigenvalue weighted by atomic mass is 10.5. The molecule has 1 aromatic heterocycles. The van der Waals surface area contributed by atoms with Gasteiger partial charge in [0.1, 0.15) is 11.4 Å². The van der Waals surface area contributed by atoms with E-state index in [1.165, 1.54) is 6.33 Å². The minimum Gasteiger partial charge on any atom is -0.226 e. The molecule has 0 radical (unpaired) electrons. The van der Waals surface area contributed by atoms with Crippen LogP contribution in [-0.4, -0.2) is 21.4 Å². The molecule has 0 aliphatic heterocycles. The van der Waals surface area contributed by atoms with Gasteiger partial charge in [0.15, 0.2) is 0 Å². The zero-order chi connectivity index (χ0) is 6.69. The van der Waals surface area contributed by atoms with Gasteiger partial charge >= 0.3 is 0 Å². The Morgan fingerprint density at radius 2 is 2.33 bits per heavy atom. The molecule has 0 N–H and O–H groups in total. The highest BCUT2D eigenvalue weighted by molar-refractivity contribution is 7.98. The molecule has 0 saturated carbocycles. The Morgan fingerprint density at radius 1 is 1.56 bits per heavy atom. The maximum Gasteiger partial charge on any atom is 0.139 e. The Balaban J connectivity index is 3.01. The highest BCUT2D eigenvalue weighted by Crippen LogP contribution is 2.11. The fourth-order valence-electron chi connectivity index (χ4n) is 0.527. The van der Waals surface area contributed by atoms with E-state index in [1.807, 2.05) is 13.2 Å². The Bertz CT molecular complexity index is 201. The summed E-state index contributed by atoms with van der Waals surface area (Å²) >= 11 is 1.58. The Labute approximate surface area is 57.9 Å². The monoisotopic (exact) mass is 141 g/mol. The molecule has 0 aromatic carbocycles. The third-order valence-electron chi connectivity index (χ3n) is 0.937. The molecule has 0 bridgehead atoms. The van der Waals surface area contributed by atoms with Gasteiger partial charge in [0.25, 0.3) is 0 Å². The minimum absolute atomic E-state index is 0.894. The van der Waals surface area contributed by atoms with Gasteiger partial charge in [0.2, 0.25) is 0 Å². The molecule has 4 heteroatoms. The second-order valence-electron chi connectivity index (χ2n) is 1.55. The molecule has 0 saturated heterocycles. The maximum absolute atomic E-state index is 3.99. The summed E-state index contributed by atoms with van der Waals surface area (Å²) in [6, 6.07) is 0. The summed E-state index contributed by atoms with van der Waals surface area (Å²) in [4.78, 5) is 3.99. The summed E-state index contributed by atoms with van der Waals surface area (Å²) in [5, 5.41) is 8.38. The number of rotatable bonds is 1. The van der Waals surface area contributed by atoms with E-state index in [0.29, 0.717) is 0 Å². The summed E-state index contributed by atoms with van der Waals surface area (Å²) < 4.78 is 0. The average molecular weight is 141 g/mol. The molecule has 0 unspecified atom stereocenters. The SMILES string of the molecule is CSc1ncnnc1C. The predicted molar refractivity (Wildman–Crippen MR) is 36.3 cm³/mol. The third-order valence-corrected chi connectivity index (χ3v) is 1.72. The van der Waals surface area contributed by atoms with Crippen LogP contribution in [0.1, 0.15) is 5.69 Å². The van der Waals surface area contributed by atoms with Crippen molar-refractivity contribution in [2.45, 2.75) is 11.9 Å². The second-order valence-corrected chi connectivity index (χ2v) is 2.35. The number of aromatic nitrogens is 3. The van der Waals surface area contributed by atoms with Gasteiger partial charge < -0.3 is 0 Å². The van der Waals surface area contributed by atoms with E-state index < -0.39 is 0 Å². The van der Waals surface area contributed by atoms with Gasteiger partial charge in [-0.15, -0.1) is 16.9 Å². The molecule has 0 spiro atoms. The van der Waals surface area contributed by atoms with Crippen molar-refractivity contribution in [2.75, 3.05) is 6.26 Å². The predicted octanol–water partition coefficient (Wildman–Crippen LogP) is 0.902. The lowest BCUT2D eigenvalue weighted by Crippen LogP contribution is -1.90. The smallest absolute Gasteiger partial charge is 0.139 e. The first-order valence-electron chi connectivity index (χ1n) is 2.53. The van der Waals surface area contributed by atoms with E-state index >= 15 is 0 Å². The molecule has 0 amide bonds. The standard InChI is InChI=1S/C5H7N3S/c1-4-5(9-2)6-3-7-8-4/h3H,1-2H3. The van der Waals surface area contributed by atoms with Gasteiger partial charge in [-0.3, -0.25) is 0 Å². The van der Waals surface area contributed by atoms with Gasteiger partial charge in [-0.2, -0.15) is 5.10 Å². The molecule has 3 nitrogen and oxygen atoms in total. The van der Waals surface area contributed by atoms with Crippen LogP contribution < -0.4 is 0 Å². The quantitative estimate of drug-likeness (QED) is 0.545. The van der Waals surface area contributed by atoms with Crippen molar-refractivity contribution in [1.82, 2.24) is 15.2 Å². The number of hydrogen-bond acceptors (Lipinski definition) is 4. The van der Waals surface area contributed by atoms with Crippen LogP contribution in [0.3, 0.4) is 0 Å². The molecule has 1 aromatic rings. The Hall–Kier alpha value is -0.640. The largest absolute Gasteiger partial charge is 0.226 e. The molecule has 0 fully saturated rings. The average Bonchev–Trinajstić information content (AvgIpc) is 1.89. The first kappa shape index (κ1) is 6.48. The minimum atomic E-state index is 0.894. The zero-order valence-corrected chi connectivity index (χ0v) is 6.14. The molecule has 1 heterocycles. The Kier molecular flexibility index (Phi) is 2.00. The van der Waals surface area contributed by atoms with E-state index in [0.717, 1.165) is 10.7 Å². The third kappa shape index (κ3) is 1.38. The van der Waals surface area contributed by atoms with Crippen molar-refractivity contribution in [3.8, 4) is 0 Å². The van der Waals surface area contributed by atoms with Gasteiger partial charge in [-0.1, -0.05) is 0 Å². The molecular formula is C5H7N3S. The van der Waals surface area contributed by atoms with Gasteiger partial charge in [0.05, 0.1) is 5.69 Å². The molecular weight excluding hydrogens is 134 g/mol. The van der Waals surface area contributed by atoms with Gasteiger partial charge in [-0.05, 0) is 13.2 Å². The highest BCUT2D eigenvalue weighted by atomic mass is 32.2. The molecule has 0 aliphatic carbocycles. The van der Waals surface area contributed by atoms with E-state index in [9.17, 15) is 0 Å². The zero-order valence-electron chi connectivity index (χ0n) is 5.33. The molecule has 0 atom stereocenters. The van der Waals surface area contributed by atoms with Crippen LogP contribution in [0.5, 0.6) is 0 Å². The first-order valence-corrected chi connectivity index (χ1v) is 3.75. The summed E-state index contributed by atoms with van der Waals surface area (Å²) in [6.45, 7) is 1.89. The molecule has 48 valence electrons. The summed E-state index contributed by atoms with van der Waals surface area (Å²) in [7, 11) is 0. The van der Waals surface area contributed by atoms with E-state index in [-0.39, 0.29) is 0 Å². The summed E-state index contributed by atoms with van der Waals surface area (Å²) in [6.07, 6.45) is 3.43. The highest BCUT2D eigenvalue weighted by Gasteiger charge is 1.95. The molecule has 1 rings (SSSR count). The summed E-state index contributed by atoms with van der Waals surface area (Å²) in [5.41, 5.74) is 0.894. The van der Waals surface area contributed by atoms with Crippen LogP contribution in [0.4, 0.5) is 0 Å². The topological polar surface area (TPSA) is 38.7 Å². The van der Waals surface area contributed by atoms with Crippen LogP contribution in [0.25, 0.3) is 0 Å². The lowest BCUT2D eigenvalue weighted by Gasteiger charge is -1.94. The Morgan fingerprint density at radius 3 is 2.78 bits per heavy atom. The van der Waals surface area contributed by atoms with Crippen molar-refractivity contribution in [3.63, 3.8) is 0 Å². The van der Waals surface area contributed by atoms with Crippen molar-refractivity contribution < 1.29 is 0 Å². The second kappa shape index (κ2) is 2.77. The van der Waals surface area contributed by atoms with Gasteiger partial charge in [-0.25, -0.2) is 4.98 Å². The number of nitrogens with zero attached hydrogens (tertiary/aromatic N) is 3. The fourth-order valence-corrected chi connectivity index (χ4v) is 1.02. The van der Waals surface area contributed by atoms with E-state index in [1.54, 1.807) is 11.8 Å². The van der Waals surface area contributed by atoms with Crippen molar-refractivity contribution in [1.29, 1.82) is 0 Å². The van der Waals surface area contributed by atoms with Crippen LogP contribution in [0.2, 0.25) is 0 Å². The first-order chi connectivity index (χ1) is 4.34. The number of hydrogen-bond donors (Lipinski definition) is 0. The van der Waals surface area contributed by atoms with Crippen LogP contribution >= 0.6 is 11.8 Å². The van der Waals surface area contributed by atoms with Crippen LogP contribution in [0.15, 0.2) is 11.4 Å². The van der Waals surface area contributed by atoms with Crippen LogP contribution in [0, 0.1) is 6.92 Å². The van der Waals surface area contributed by atoms with Crippen molar-refractivity contribution in [2.24, 2.45) is 0 Å². The van der Waals surface area contributed by atoms with Crippen molar-refractivity contribution >= 4 is 11.8 Å². The maximum atomic E-state index is 3.99. The lowest BCUT2D eigenvalue weighted by molar-refractivity contribution is 0.857. The normalized spacial score (nSPS) is 9.56. The van der Waals surface area contributed by atoms with Crippen LogP contribution in [-0.2, 0) is 0 Å². The number of thioether (sulfide) groups is 1. The number of aryl methyl sites for hydroxylation is 1. The van der Waals surface area contributed by atoms with Gasteiger partial charge in [0, 0.05) is 0 Å². The van der Waals surface area contributed by atoms with Crippen molar-refractivity contribution in [3.05, 3.63) is 12.0 Å². The molecule has 0 aliphatic rings. The summed E-state index contributed by atoms with van der Waals surface area (Å²) in [5.74, 6) is 0. The van der Waals surface area contributed by atoms with E-state index in [4.69, 9.17) is 0 Å². The fraction of sp³-hybridized carbons (Fsp3) is 0.400. The van der Waals surface area contributed by atoms with E-state index in [2.05, 4.69) is 15.2 Å². The molecule has 9 heavy (non-hydrogen) atoms.